The predicted molar refractivity (Wildman–Crippen MR) is 94.8 cm³/mol. The highest BCUT2D eigenvalue weighted by molar-refractivity contribution is 5.95. The van der Waals surface area contributed by atoms with Gasteiger partial charge in [0.1, 0.15) is 11.9 Å². The maximum absolute atomic E-state index is 13.3. The molecule has 6 heteroatoms. The van der Waals surface area contributed by atoms with Crippen molar-refractivity contribution in [3.63, 3.8) is 0 Å². The molecule has 0 aliphatic rings. The minimum absolute atomic E-state index is 0.186. The van der Waals surface area contributed by atoms with E-state index in [2.05, 4.69) is 5.32 Å². The fourth-order valence-corrected chi connectivity index (χ4v) is 2.76. The van der Waals surface area contributed by atoms with Crippen LogP contribution in [0, 0.1) is 5.82 Å². The summed E-state index contributed by atoms with van der Waals surface area (Å²) < 4.78 is 25.6. The van der Waals surface area contributed by atoms with Crippen molar-refractivity contribution < 1.29 is 18.7 Å². The van der Waals surface area contributed by atoms with E-state index in [9.17, 15) is 9.18 Å². The average molecular weight is 342 g/mol. The second-order valence-corrected chi connectivity index (χ2v) is 5.66. The van der Waals surface area contributed by atoms with Crippen LogP contribution in [0.5, 0.6) is 11.5 Å². The third kappa shape index (κ3) is 3.28. The Balaban J connectivity index is 1.82. The van der Waals surface area contributed by atoms with Crippen molar-refractivity contribution in [2.45, 2.75) is 13.0 Å². The van der Waals surface area contributed by atoms with Crippen molar-refractivity contribution in [3.05, 3.63) is 54.5 Å². The number of nitrogens with zero attached hydrogens (tertiary/aromatic N) is 1. The highest BCUT2D eigenvalue weighted by atomic mass is 19.1. The van der Waals surface area contributed by atoms with Gasteiger partial charge in [-0.3, -0.25) is 4.79 Å². The van der Waals surface area contributed by atoms with E-state index in [0.717, 1.165) is 10.9 Å². The van der Waals surface area contributed by atoms with Gasteiger partial charge in [-0.05, 0) is 43.3 Å². The van der Waals surface area contributed by atoms with Gasteiger partial charge in [-0.15, -0.1) is 0 Å². The van der Waals surface area contributed by atoms with E-state index in [4.69, 9.17) is 9.47 Å². The molecular formula is C19H19FN2O3. The molecular weight excluding hydrogens is 323 g/mol. The van der Waals surface area contributed by atoms with Gasteiger partial charge in [0.05, 0.1) is 14.2 Å². The second-order valence-electron chi connectivity index (χ2n) is 5.66. The van der Waals surface area contributed by atoms with Crippen LogP contribution in [0.4, 0.5) is 10.1 Å². The van der Waals surface area contributed by atoms with Gasteiger partial charge < -0.3 is 19.4 Å². The molecule has 0 saturated carbocycles. The second kappa shape index (κ2) is 6.84. The smallest absolute Gasteiger partial charge is 0.247 e. The molecule has 3 rings (SSSR count). The lowest BCUT2D eigenvalue weighted by molar-refractivity contribution is -0.118. The SMILES string of the molecule is COc1ccc(NC(=O)C(C)n2ccc3cc(F)ccc32)cc1OC. The van der Waals surface area contributed by atoms with E-state index >= 15 is 0 Å². The van der Waals surface area contributed by atoms with E-state index < -0.39 is 6.04 Å². The first-order chi connectivity index (χ1) is 12.0. The highest BCUT2D eigenvalue weighted by Crippen LogP contribution is 2.30. The molecule has 1 atom stereocenters. The molecule has 1 amide bonds. The van der Waals surface area contributed by atoms with Gasteiger partial charge in [0.25, 0.3) is 0 Å². The van der Waals surface area contributed by atoms with Gasteiger partial charge in [0.2, 0.25) is 5.91 Å². The number of nitrogens with one attached hydrogen (secondary N) is 1. The van der Waals surface area contributed by atoms with Crippen LogP contribution in [-0.4, -0.2) is 24.7 Å². The summed E-state index contributed by atoms with van der Waals surface area (Å²) in [5.74, 6) is 0.642. The van der Waals surface area contributed by atoms with Crippen LogP contribution in [0.1, 0.15) is 13.0 Å². The van der Waals surface area contributed by atoms with E-state index in [1.807, 2.05) is 4.57 Å². The third-order valence-electron chi connectivity index (χ3n) is 4.13. The zero-order valence-electron chi connectivity index (χ0n) is 14.2. The maximum Gasteiger partial charge on any atom is 0.247 e. The van der Waals surface area contributed by atoms with E-state index in [1.54, 1.807) is 50.6 Å². The summed E-state index contributed by atoms with van der Waals surface area (Å²) in [5, 5.41) is 3.62. The number of anilines is 1. The minimum Gasteiger partial charge on any atom is -0.493 e. The standard InChI is InChI=1S/C19H19FN2O3/c1-12(22-9-8-13-10-14(20)4-6-16(13)22)19(23)21-15-5-7-17(24-2)18(11-15)25-3/h4-12H,1-3H3,(H,21,23). The molecule has 0 aliphatic carbocycles. The molecule has 2 aromatic carbocycles. The van der Waals surface area contributed by atoms with Crippen LogP contribution < -0.4 is 14.8 Å². The lowest BCUT2D eigenvalue weighted by atomic mass is 10.2. The highest BCUT2D eigenvalue weighted by Gasteiger charge is 2.17. The molecule has 0 saturated heterocycles. The molecule has 0 bridgehead atoms. The minimum atomic E-state index is -0.462. The number of carbonyl (C=O) groups excluding carboxylic acids is 1. The topological polar surface area (TPSA) is 52.5 Å². The molecule has 1 heterocycles. The number of methoxy groups -OCH3 is 2. The Labute approximate surface area is 145 Å². The number of ether oxygens (including phenoxy) is 2. The summed E-state index contributed by atoms with van der Waals surface area (Å²) in [6, 6.07) is 11.0. The summed E-state index contributed by atoms with van der Waals surface area (Å²) in [4.78, 5) is 12.6. The summed E-state index contributed by atoms with van der Waals surface area (Å²) in [5.41, 5.74) is 1.41. The molecule has 1 aromatic heterocycles. The quantitative estimate of drug-likeness (QED) is 0.762. The number of hydrogen-bond acceptors (Lipinski definition) is 3. The fraction of sp³-hybridized carbons (Fsp3) is 0.211. The number of rotatable bonds is 5. The summed E-state index contributed by atoms with van der Waals surface area (Å²) >= 11 is 0. The van der Waals surface area contributed by atoms with Crippen LogP contribution in [0.15, 0.2) is 48.7 Å². The van der Waals surface area contributed by atoms with Gasteiger partial charge >= 0.3 is 0 Å². The van der Waals surface area contributed by atoms with Gasteiger partial charge in [0.15, 0.2) is 11.5 Å². The first-order valence-electron chi connectivity index (χ1n) is 7.82. The van der Waals surface area contributed by atoms with Crippen LogP contribution in [-0.2, 0) is 4.79 Å². The molecule has 130 valence electrons. The summed E-state index contributed by atoms with van der Waals surface area (Å²) in [6.07, 6.45) is 1.78. The molecule has 1 unspecified atom stereocenters. The van der Waals surface area contributed by atoms with Gasteiger partial charge in [-0.2, -0.15) is 0 Å². The van der Waals surface area contributed by atoms with Crippen molar-refractivity contribution in [1.29, 1.82) is 0 Å². The van der Waals surface area contributed by atoms with Gasteiger partial charge in [-0.1, -0.05) is 0 Å². The Morgan fingerprint density at radius 1 is 1.08 bits per heavy atom. The molecule has 25 heavy (non-hydrogen) atoms. The maximum atomic E-state index is 13.3. The molecule has 0 aliphatic heterocycles. The van der Waals surface area contributed by atoms with Crippen molar-refractivity contribution in [3.8, 4) is 11.5 Å². The van der Waals surface area contributed by atoms with Gasteiger partial charge in [-0.25, -0.2) is 4.39 Å². The lowest BCUT2D eigenvalue weighted by Crippen LogP contribution is -2.23. The Kier molecular flexibility index (Phi) is 4.61. The Bertz CT molecular complexity index is 920. The Morgan fingerprint density at radius 2 is 1.84 bits per heavy atom. The monoisotopic (exact) mass is 342 g/mol. The van der Waals surface area contributed by atoms with Crippen LogP contribution in [0.2, 0.25) is 0 Å². The summed E-state index contributed by atoms with van der Waals surface area (Å²) in [7, 11) is 3.09. The van der Waals surface area contributed by atoms with Crippen LogP contribution in [0.3, 0.4) is 0 Å². The van der Waals surface area contributed by atoms with E-state index in [1.165, 1.54) is 19.2 Å². The van der Waals surface area contributed by atoms with Gasteiger partial charge in [0, 0.05) is 28.9 Å². The molecule has 0 fully saturated rings. The van der Waals surface area contributed by atoms with Crippen LogP contribution in [0.25, 0.3) is 10.9 Å². The zero-order chi connectivity index (χ0) is 18.0. The third-order valence-corrected chi connectivity index (χ3v) is 4.13. The van der Waals surface area contributed by atoms with Crippen molar-refractivity contribution >= 4 is 22.5 Å². The Morgan fingerprint density at radius 3 is 2.56 bits per heavy atom. The average Bonchev–Trinajstić information content (AvgIpc) is 3.03. The molecule has 3 aromatic rings. The van der Waals surface area contributed by atoms with E-state index in [-0.39, 0.29) is 11.7 Å². The predicted octanol–water partition coefficient (Wildman–Crippen LogP) is 4.00. The normalized spacial score (nSPS) is 12.0. The first kappa shape index (κ1) is 16.8. The van der Waals surface area contributed by atoms with Crippen LogP contribution >= 0.6 is 0 Å². The van der Waals surface area contributed by atoms with Crippen molar-refractivity contribution in [1.82, 2.24) is 4.57 Å². The molecule has 1 N–H and O–H groups in total. The zero-order valence-corrected chi connectivity index (χ0v) is 14.2. The molecule has 5 nitrogen and oxygen atoms in total. The first-order valence-corrected chi connectivity index (χ1v) is 7.82. The number of aromatic nitrogens is 1. The largest absolute Gasteiger partial charge is 0.493 e. The number of fused-ring (bicyclic) bond motifs is 1. The van der Waals surface area contributed by atoms with Crippen molar-refractivity contribution in [2.75, 3.05) is 19.5 Å². The number of amides is 1. The Hall–Kier alpha value is -3.02. The number of benzene rings is 2. The van der Waals surface area contributed by atoms with E-state index in [0.29, 0.717) is 17.2 Å². The number of carbonyl (C=O) groups is 1. The fourth-order valence-electron chi connectivity index (χ4n) is 2.76. The van der Waals surface area contributed by atoms with Crippen molar-refractivity contribution in [2.24, 2.45) is 0 Å². The molecule has 0 spiro atoms. The lowest BCUT2D eigenvalue weighted by Gasteiger charge is -2.16. The summed E-state index contributed by atoms with van der Waals surface area (Å²) in [6.45, 7) is 1.79. The molecule has 0 radical (unpaired) electrons. The number of halogens is 1. The number of hydrogen-bond donors (Lipinski definition) is 1.